The lowest BCUT2D eigenvalue weighted by Gasteiger charge is -2.26. The van der Waals surface area contributed by atoms with Gasteiger partial charge >= 0.3 is 5.97 Å². The Hall–Kier alpha value is -3.54. The van der Waals surface area contributed by atoms with Gasteiger partial charge in [0, 0.05) is 34.6 Å². The summed E-state index contributed by atoms with van der Waals surface area (Å²) in [5.74, 6) is -1.22. The minimum absolute atomic E-state index is 0.0254. The number of carboxylic acids is 1. The standard InChI is InChI=1S/C33H34Cl2N2O3/c1-3-4-5-6-8-22-9-7-10-25(17-22)31(28-20-37-32-27(28)18-26(34)19-29(32)35)21(2)23-11-13-24(14-12-23)33(40)36-16-15-30(38)39/h6-14,17-21,31,37H,3-5,15-16H2,1-2H3,(H,36,40)(H,38,39)/b8-6+. The number of unbranched alkanes of at least 4 members (excludes halogenated alkanes) is 2. The summed E-state index contributed by atoms with van der Waals surface area (Å²) >= 11 is 13.0. The maximum atomic E-state index is 12.5. The third kappa shape index (κ3) is 7.15. The van der Waals surface area contributed by atoms with Crippen molar-refractivity contribution in [3.63, 3.8) is 0 Å². The summed E-state index contributed by atoms with van der Waals surface area (Å²) in [4.78, 5) is 26.6. The number of hydrogen-bond donors (Lipinski definition) is 3. The smallest absolute Gasteiger partial charge is 0.305 e. The van der Waals surface area contributed by atoms with Crippen LogP contribution in [0.4, 0.5) is 0 Å². The van der Waals surface area contributed by atoms with Crippen LogP contribution in [-0.2, 0) is 4.79 Å². The lowest BCUT2D eigenvalue weighted by Crippen LogP contribution is -2.26. The fraction of sp³-hybridized carbons (Fsp3) is 0.273. The minimum Gasteiger partial charge on any atom is -0.481 e. The van der Waals surface area contributed by atoms with E-state index in [1.54, 1.807) is 18.2 Å². The molecule has 0 saturated heterocycles. The molecule has 0 aliphatic carbocycles. The molecule has 0 radical (unpaired) electrons. The Morgan fingerprint density at radius 3 is 2.55 bits per heavy atom. The molecule has 0 aliphatic rings. The van der Waals surface area contributed by atoms with Gasteiger partial charge in [0.05, 0.1) is 17.0 Å². The Labute approximate surface area is 245 Å². The molecular weight excluding hydrogens is 543 g/mol. The predicted molar refractivity (Wildman–Crippen MR) is 165 cm³/mol. The van der Waals surface area contributed by atoms with E-state index in [2.05, 4.69) is 60.6 Å². The van der Waals surface area contributed by atoms with Crippen molar-refractivity contribution in [1.29, 1.82) is 0 Å². The van der Waals surface area contributed by atoms with Crippen molar-refractivity contribution in [2.24, 2.45) is 0 Å². The average molecular weight is 578 g/mol. The molecule has 3 N–H and O–H groups in total. The van der Waals surface area contributed by atoms with E-state index in [9.17, 15) is 9.59 Å². The molecule has 0 bridgehead atoms. The molecule has 0 saturated carbocycles. The Bertz CT molecular complexity index is 1510. The first-order chi connectivity index (χ1) is 19.3. The lowest BCUT2D eigenvalue weighted by molar-refractivity contribution is -0.136. The van der Waals surface area contributed by atoms with Crippen molar-refractivity contribution in [3.8, 4) is 0 Å². The van der Waals surface area contributed by atoms with E-state index in [-0.39, 0.29) is 30.7 Å². The van der Waals surface area contributed by atoms with Crippen molar-refractivity contribution in [3.05, 3.63) is 111 Å². The van der Waals surface area contributed by atoms with Crippen LogP contribution in [0.3, 0.4) is 0 Å². The second-order valence-corrected chi connectivity index (χ2v) is 10.9. The highest BCUT2D eigenvalue weighted by molar-refractivity contribution is 6.38. The Balaban J connectivity index is 1.71. The number of amides is 1. The van der Waals surface area contributed by atoms with Gasteiger partial charge in [-0.15, -0.1) is 0 Å². The molecule has 0 fully saturated rings. The molecule has 2 unspecified atom stereocenters. The van der Waals surface area contributed by atoms with Gasteiger partial charge in [0.2, 0.25) is 0 Å². The quantitative estimate of drug-likeness (QED) is 0.147. The molecule has 3 aromatic carbocycles. The minimum atomic E-state index is -0.948. The third-order valence-electron chi connectivity index (χ3n) is 7.20. The second-order valence-electron chi connectivity index (χ2n) is 10.1. The number of rotatable bonds is 12. The Morgan fingerprint density at radius 1 is 1.05 bits per heavy atom. The van der Waals surface area contributed by atoms with E-state index >= 15 is 0 Å². The van der Waals surface area contributed by atoms with E-state index < -0.39 is 5.97 Å². The van der Waals surface area contributed by atoms with Crippen LogP contribution in [0, 0.1) is 0 Å². The van der Waals surface area contributed by atoms with Crippen LogP contribution >= 0.6 is 23.2 Å². The van der Waals surface area contributed by atoms with E-state index in [0.717, 1.165) is 39.6 Å². The molecule has 40 heavy (non-hydrogen) atoms. The van der Waals surface area contributed by atoms with Crippen LogP contribution in [0.2, 0.25) is 10.0 Å². The van der Waals surface area contributed by atoms with Gasteiger partial charge in [0.15, 0.2) is 0 Å². The van der Waals surface area contributed by atoms with Crippen molar-refractivity contribution in [2.75, 3.05) is 6.54 Å². The monoisotopic (exact) mass is 576 g/mol. The third-order valence-corrected chi connectivity index (χ3v) is 7.72. The number of H-pyrrole nitrogens is 1. The summed E-state index contributed by atoms with van der Waals surface area (Å²) in [7, 11) is 0. The van der Waals surface area contributed by atoms with Gasteiger partial charge in [-0.3, -0.25) is 9.59 Å². The maximum absolute atomic E-state index is 12.5. The van der Waals surface area contributed by atoms with Gasteiger partial charge in [0.1, 0.15) is 0 Å². The predicted octanol–water partition coefficient (Wildman–Crippen LogP) is 8.82. The number of fused-ring (bicyclic) bond motifs is 1. The second kappa shape index (κ2) is 13.7. The Morgan fingerprint density at radius 2 is 1.82 bits per heavy atom. The van der Waals surface area contributed by atoms with Gasteiger partial charge in [0.25, 0.3) is 5.91 Å². The van der Waals surface area contributed by atoms with Gasteiger partial charge in [-0.05, 0) is 58.9 Å². The number of nitrogens with one attached hydrogen (secondary N) is 2. The molecule has 1 aromatic heterocycles. The lowest BCUT2D eigenvalue weighted by atomic mass is 9.77. The van der Waals surface area contributed by atoms with E-state index in [4.69, 9.17) is 28.3 Å². The molecule has 4 rings (SSSR count). The first-order valence-electron chi connectivity index (χ1n) is 13.6. The zero-order valence-electron chi connectivity index (χ0n) is 22.7. The van der Waals surface area contributed by atoms with Crippen LogP contribution in [-0.4, -0.2) is 28.5 Å². The van der Waals surface area contributed by atoms with Crippen LogP contribution in [0.15, 0.2) is 72.9 Å². The summed E-state index contributed by atoms with van der Waals surface area (Å²) in [6, 6.07) is 19.8. The molecule has 2 atom stereocenters. The number of aliphatic carboxylic acids is 1. The summed E-state index contributed by atoms with van der Waals surface area (Å²) in [5.41, 5.74) is 5.81. The zero-order chi connectivity index (χ0) is 28.6. The fourth-order valence-corrected chi connectivity index (χ4v) is 5.63. The zero-order valence-corrected chi connectivity index (χ0v) is 24.2. The maximum Gasteiger partial charge on any atom is 0.305 e. The van der Waals surface area contributed by atoms with Crippen LogP contribution < -0.4 is 5.32 Å². The van der Waals surface area contributed by atoms with Gasteiger partial charge in [-0.1, -0.05) is 98.4 Å². The topological polar surface area (TPSA) is 82.2 Å². The van der Waals surface area contributed by atoms with E-state index in [1.165, 1.54) is 12.8 Å². The first kappa shape index (κ1) is 29.4. The molecule has 1 amide bonds. The largest absolute Gasteiger partial charge is 0.481 e. The highest BCUT2D eigenvalue weighted by Gasteiger charge is 2.26. The van der Waals surface area contributed by atoms with Gasteiger partial charge in [-0.2, -0.15) is 0 Å². The summed E-state index contributed by atoms with van der Waals surface area (Å²) in [5, 5.41) is 13.6. The number of allylic oxidation sites excluding steroid dienone is 1. The SMILES string of the molecule is CCCC/C=C/c1cccc(C(c2c[nH]c3c(Cl)cc(Cl)cc23)C(C)c2ccc(C(=O)NCCC(=O)O)cc2)c1. The summed E-state index contributed by atoms with van der Waals surface area (Å²) in [6.45, 7) is 4.46. The normalized spacial score (nSPS) is 13.0. The van der Waals surface area contributed by atoms with Gasteiger partial charge < -0.3 is 15.4 Å². The number of carbonyl (C=O) groups is 2. The number of halogens is 2. The van der Waals surface area contributed by atoms with Gasteiger partial charge in [-0.25, -0.2) is 0 Å². The highest BCUT2D eigenvalue weighted by atomic mass is 35.5. The number of benzene rings is 3. The average Bonchev–Trinajstić information content (AvgIpc) is 3.35. The van der Waals surface area contributed by atoms with Crippen molar-refractivity contribution in [2.45, 2.75) is 51.4 Å². The molecule has 208 valence electrons. The van der Waals surface area contributed by atoms with Crippen molar-refractivity contribution < 1.29 is 14.7 Å². The number of carbonyl (C=O) groups excluding carboxylic acids is 1. The number of aromatic amines is 1. The van der Waals surface area contributed by atoms with E-state index in [0.29, 0.717) is 15.6 Å². The van der Waals surface area contributed by atoms with Crippen LogP contribution in [0.5, 0.6) is 0 Å². The van der Waals surface area contributed by atoms with Crippen LogP contribution in [0.1, 0.15) is 84.0 Å². The summed E-state index contributed by atoms with van der Waals surface area (Å²) < 4.78 is 0. The number of aromatic nitrogens is 1. The fourth-order valence-electron chi connectivity index (χ4n) is 5.08. The highest BCUT2D eigenvalue weighted by Crippen LogP contribution is 2.43. The molecule has 7 heteroatoms. The first-order valence-corrected chi connectivity index (χ1v) is 14.4. The Kier molecular flexibility index (Phi) is 10.1. The van der Waals surface area contributed by atoms with E-state index in [1.807, 2.05) is 24.4 Å². The number of carboxylic acid groups (broad SMARTS) is 1. The molecule has 4 aromatic rings. The molecule has 0 spiro atoms. The number of hydrogen-bond acceptors (Lipinski definition) is 2. The molecule has 0 aliphatic heterocycles. The van der Waals surface area contributed by atoms with Crippen molar-refractivity contribution >= 4 is 52.1 Å². The summed E-state index contributed by atoms with van der Waals surface area (Å²) in [6.07, 6.45) is 9.69. The molecule has 5 nitrogen and oxygen atoms in total. The molecule has 1 heterocycles. The van der Waals surface area contributed by atoms with Crippen molar-refractivity contribution in [1.82, 2.24) is 10.3 Å². The molecular formula is C33H34Cl2N2O3. The van der Waals surface area contributed by atoms with Crippen LogP contribution in [0.25, 0.3) is 17.0 Å².